The Balaban J connectivity index is 2.27. The first-order valence-electron chi connectivity index (χ1n) is 9.24. The number of aromatic nitrogens is 3. The predicted molar refractivity (Wildman–Crippen MR) is 110 cm³/mol. The van der Waals surface area contributed by atoms with Gasteiger partial charge in [0, 0.05) is 17.9 Å². The van der Waals surface area contributed by atoms with Crippen molar-refractivity contribution in [3.63, 3.8) is 0 Å². The van der Waals surface area contributed by atoms with Crippen LogP contribution in [0.3, 0.4) is 0 Å². The van der Waals surface area contributed by atoms with Crippen molar-refractivity contribution in [3.8, 4) is 11.4 Å². The maximum absolute atomic E-state index is 13.0. The minimum Gasteiger partial charge on any atom is -0.391 e. The van der Waals surface area contributed by atoms with E-state index in [9.17, 15) is 23.1 Å². The highest BCUT2D eigenvalue weighted by Crippen LogP contribution is 2.38. The summed E-state index contributed by atoms with van der Waals surface area (Å²) in [5.41, 5.74) is 11.5. The van der Waals surface area contributed by atoms with Crippen LogP contribution in [0.4, 0.5) is 13.2 Å². The minimum absolute atomic E-state index is 0.154. The van der Waals surface area contributed by atoms with Gasteiger partial charge in [-0.3, -0.25) is 9.78 Å². The lowest BCUT2D eigenvalue weighted by Gasteiger charge is -2.33. The average molecular weight is 453 g/mol. The second-order valence-electron chi connectivity index (χ2n) is 7.77. The highest BCUT2D eigenvalue weighted by atomic mass is 32.1. The van der Waals surface area contributed by atoms with Gasteiger partial charge in [0.05, 0.1) is 28.4 Å². The van der Waals surface area contributed by atoms with Crippen LogP contribution in [-0.2, 0) is 12.8 Å². The molecule has 3 rings (SSSR count). The third kappa shape index (κ3) is 4.48. The summed E-state index contributed by atoms with van der Waals surface area (Å²) in [6, 6.07) is 3.10. The topological polar surface area (TPSA) is 120 Å². The number of alkyl halides is 3. The van der Waals surface area contributed by atoms with Crippen molar-refractivity contribution in [1.82, 2.24) is 14.5 Å². The Morgan fingerprint density at radius 1 is 1.26 bits per heavy atom. The number of thiazole rings is 1. The lowest BCUT2D eigenvalue weighted by atomic mass is 9.95. The van der Waals surface area contributed by atoms with E-state index in [1.165, 1.54) is 23.6 Å². The summed E-state index contributed by atoms with van der Waals surface area (Å²) >= 11 is 1.22. The Morgan fingerprint density at radius 3 is 2.39 bits per heavy atom. The van der Waals surface area contributed by atoms with Gasteiger partial charge in [0.15, 0.2) is 0 Å². The molecule has 0 bridgehead atoms. The maximum atomic E-state index is 13.0. The van der Waals surface area contributed by atoms with Gasteiger partial charge in [-0.25, -0.2) is 4.98 Å². The van der Waals surface area contributed by atoms with Gasteiger partial charge in [0.1, 0.15) is 16.7 Å². The highest BCUT2D eigenvalue weighted by Gasteiger charge is 2.36. The molecule has 31 heavy (non-hydrogen) atoms. The van der Waals surface area contributed by atoms with E-state index in [1.807, 2.05) is 0 Å². The number of aliphatic hydroxyl groups excluding tert-OH is 1. The van der Waals surface area contributed by atoms with Crippen molar-refractivity contribution in [3.05, 3.63) is 57.3 Å². The molecule has 0 aliphatic carbocycles. The molecule has 0 saturated heterocycles. The second-order valence-corrected chi connectivity index (χ2v) is 8.92. The van der Waals surface area contributed by atoms with Crippen molar-refractivity contribution >= 4 is 17.2 Å². The standard InChI is InChI=1S/C20H22F3N5O2S/c1-10-6-14(13-5-4-11(7-26-13)20(21,22)23)28(15(10)17(24)30)16(19(2,3)25)18-27-8-12(9-29)31-18/h4-8,16,29H,9,25H2,1-3H3,(H2,24,30). The molecule has 1 amide bonds. The Morgan fingerprint density at radius 2 is 1.94 bits per heavy atom. The number of hydrogen-bond acceptors (Lipinski definition) is 6. The molecular weight excluding hydrogens is 431 g/mol. The van der Waals surface area contributed by atoms with Crippen molar-refractivity contribution in [2.75, 3.05) is 0 Å². The number of pyridine rings is 1. The number of nitrogens with zero attached hydrogens (tertiary/aromatic N) is 3. The molecule has 5 N–H and O–H groups in total. The Labute approximate surface area is 180 Å². The van der Waals surface area contributed by atoms with E-state index in [1.54, 1.807) is 31.4 Å². The number of carbonyl (C=O) groups excluding carboxylic acids is 1. The van der Waals surface area contributed by atoms with Gasteiger partial charge in [-0.15, -0.1) is 11.3 Å². The van der Waals surface area contributed by atoms with Crippen LogP contribution in [0.15, 0.2) is 30.6 Å². The van der Waals surface area contributed by atoms with Crippen molar-refractivity contribution in [2.45, 2.75) is 45.1 Å². The largest absolute Gasteiger partial charge is 0.417 e. The van der Waals surface area contributed by atoms with Crippen LogP contribution in [0.2, 0.25) is 0 Å². The zero-order valence-electron chi connectivity index (χ0n) is 17.1. The smallest absolute Gasteiger partial charge is 0.391 e. The number of amides is 1. The number of aryl methyl sites for hydroxylation is 1. The summed E-state index contributed by atoms with van der Waals surface area (Å²) in [4.78, 5) is 21.3. The molecule has 166 valence electrons. The SMILES string of the molecule is Cc1cc(-c2ccc(C(F)(F)F)cn2)n(C(c2ncc(CO)s2)C(C)(C)N)c1C(N)=O. The van der Waals surface area contributed by atoms with Gasteiger partial charge in [0.25, 0.3) is 5.91 Å². The number of aliphatic hydroxyl groups is 1. The number of carbonyl (C=O) groups is 1. The molecule has 0 aliphatic heterocycles. The van der Waals surface area contributed by atoms with E-state index in [-0.39, 0.29) is 18.0 Å². The molecule has 1 unspecified atom stereocenters. The van der Waals surface area contributed by atoms with Gasteiger partial charge < -0.3 is 21.1 Å². The van der Waals surface area contributed by atoms with E-state index in [4.69, 9.17) is 11.5 Å². The molecule has 0 aromatic carbocycles. The summed E-state index contributed by atoms with van der Waals surface area (Å²) in [6.07, 6.45) is -2.28. The molecule has 1 atom stereocenters. The summed E-state index contributed by atoms with van der Waals surface area (Å²) in [5, 5.41) is 9.95. The molecule has 0 aliphatic rings. The van der Waals surface area contributed by atoms with Crippen LogP contribution in [0.1, 0.15) is 51.4 Å². The molecule has 0 saturated carbocycles. The molecule has 3 aromatic heterocycles. The summed E-state index contributed by atoms with van der Waals surface area (Å²) in [5.74, 6) is -0.719. The van der Waals surface area contributed by atoms with E-state index in [2.05, 4.69) is 9.97 Å². The monoisotopic (exact) mass is 453 g/mol. The van der Waals surface area contributed by atoms with E-state index in [0.717, 1.165) is 12.3 Å². The van der Waals surface area contributed by atoms with E-state index < -0.39 is 29.2 Å². The first-order chi connectivity index (χ1) is 14.3. The zero-order chi connectivity index (χ0) is 23.1. The van der Waals surface area contributed by atoms with Crippen molar-refractivity contribution in [2.24, 2.45) is 11.5 Å². The number of primary amides is 1. The van der Waals surface area contributed by atoms with Crippen LogP contribution < -0.4 is 11.5 Å². The third-order valence-electron chi connectivity index (χ3n) is 4.74. The molecule has 0 spiro atoms. The first-order valence-corrected chi connectivity index (χ1v) is 10.1. The predicted octanol–water partition coefficient (Wildman–Crippen LogP) is 3.25. The first kappa shape index (κ1) is 22.9. The van der Waals surface area contributed by atoms with E-state index >= 15 is 0 Å². The molecule has 11 heteroatoms. The number of hydrogen-bond donors (Lipinski definition) is 3. The number of nitrogens with two attached hydrogens (primary N) is 2. The zero-order valence-corrected chi connectivity index (χ0v) is 17.9. The van der Waals surface area contributed by atoms with Crippen LogP contribution >= 0.6 is 11.3 Å². The summed E-state index contributed by atoms with van der Waals surface area (Å²) < 4.78 is 40.5. The fraction of sp³-hybridized carbons (Fsp3) is 0.350. The number of halogens is 3. The van der Waals surface area contributed by atoms with Gasteiger partial charge in [0.2, 0.25) is 0 Å². The quantitative estimate of drug-likeness (QED) is 0.529. The van der Waals surface area contributed by atoms with Gasteiger partial charge in [-0.1, -0.05) is 0 Å². The summed E-state index contributed by atoms with van der Waals surface area (Å²) in [7, 11) is 0. The minimum atomic E-state index is -4.52. The highest BCUT2D eigenvalue weighted by molar-refractivity contribution is 7.11. The molecule has 0 radical (unpaired) electrons. The van der Waals surface area contributed by atoms with Gasteiger partial charge in [-0.2, -0.15) is 13.2 Å². The molecular formula is C20H22F3N5O2S. The van der Waals surface area contributed by atoms with Gasteiger partial charge >= 0.3 is 6.18 Å². The number of rotatable bonds is 6. The van der Waals surface area contributed by atoms with Crippen LogP contribution in [0.25, 0.3) is 11.4 Å². The van der Waals surface area contributed by atoms with Gasteiger partial charge in [-0.05, 0) is 44.5 Å². The molecule has 7 nitrogen and oxygen atoms in total. The molecule has 3 aromatic rings. The van der Waals surface area contributed by atoms with Crippen LogP contribution in [0, 0.1) is 6.92 Å². The molecule has 0 fully saturated rings. The molecule has 3 heterocycles. The lowest BCUT2D eigenvalue weighted by Crippen LogP contribution is -2.44. The maximum Gasteiger partial charge on any atom is 0.417 e. The van der Waals surface area contributed by atoms with Crippen molar-refractivity contribution in [1.29, 1.82) is 0 Å². The summed E-state index contributed by atoms with van der Waals surface area (Å²) in [6.45, 7) is 4.94. The van der Waals surface area contributed by atoms with Crippen LogP contribution in [-0.4, -0.2) is 31.1 Å². The average Bonchev–Trinajstić information content (AvgIpc) is 3.25. The Hall–Kier alpha value is -2.76. The fourth-order valence-electron chi connectivity index (χ4n) is 3.43. The van der Waals surface area contributed by atoms with E-state index in [0.29, 0.717) is 21.1 Å². The lowest BCUT2D eigenvalue weighted by molar-refractivity contribution is -0.137. The van der Waals surface area contributed by atoms with Crippen LogP contribution in [0.5, 0.6) is 0 Å². The third-order valence-corrected chi connectivity index (χ3v) is 5.77. The normalized spacial score (nSPS) is 13.4. The fourth-order valence-corrected chi connectivity index (χ4v) is 4.49. The Kier molecular flexibility index (Phi) is 5.96. The van der Waals surface area contributed by atoms with Crippen molar-refractivity contribution < 1.29 is 23.1 Å². The Bertz CT molecular complexity index is 1100. The second kappa shape index (κ2) is 8.06.